The molecule has 4 rings (SSSR count). The molecular weight excluding hydrogens is 346 g/mol. The summed E-state index contributed by atoms with van der Waals surface area (Å²) in [7, 11) is 0. The summed E-state index contributed by atoms with van der Waals surface area (Å²) in [5.74, 6) is 1.10. The van der Waals surface area contributed by atoms with Gasteiger partial charge >= 0.3 is 6.01 Å². The molecule has 0 spiro atoms. The molecule has 2 aliphatic rings. The van der Waals surface area contributed by atoms with Crippen LogP contribution >= 0.6 is 0 Å². The second kappa shape index (κ2) is 7.82. The lowest BCUT2D eigenvalue weighted by Gasteiger charge is -2.33. The number of carbonyl (C=O) groups is 1. The number of hydrogen-bond donors (Lipinski definition) is 0. The van der Waals surface area contributed by atoms with Crippen LogP contribution in [0, 0.1) is 0 Å². The van der Waals surface area contributed by atoms with E-state index < -0.39 is 0 Å². The van der Waals surface area contributed by atoms with E-state index in [1.54, 1.807) is 18.5 Å². The Kier molecular flexibility index (Phi) is 5.09. The minimum atomic E-state index is -0.119. The number of hydrogen-bond acceptors (Lipinski definition) is 6. The Hall–Kier alpha value is -2.83. The Balaban J connectivity index is 1.45. The van der Waals surface area contributed by atoms with Crippen molar-refractivity contribution in [1.29, 1.82) is 0 Å². The van der Waals surface area contributed by atoms with Gasteiger partial charge in [-0.2, -0.15) is 0 Å². The van der Waals surface area contributed by atoms with Crippen LogP contribution in [0.15, 0.2) is 30.6 Å². The first-order valence-electron chi connectivity index (χ1n) is 9.40. The summed E-state index contributed by atoms with van der Waals surface area (Å²) >= 11 is 0. The average molecular weight is 369 g/mol. The van der Waals surface area contributed by atoms with E-state index in [2.05, 4.69) is 16.9 Å². The van der Waals surface area contributed by atoms with Gasteiger partial charge < -0.3 is 19.1 Å². The fourth-order valence-electron chi connectivity index (χ4n) is 3.37. The number of ether oxygens (including phenoxy) is 3. The molecule has 0 bridgehead atoms. The summed E-state index contributed by atoms with van der Waals surface area (Å²) in [6.45, 7) is 4.21. The molecule has 1 amide bonds. The first kappa shape index (κ1) is 17.6. The highest BCUT2D eigenvalue weighted by atomic mass is 16.6. The van der Waals surface area contributed by atoms with Crippen LogP contribution in [0.1, 0.15) is 35.7 Å². The zero-order valence-electron chi connectivity index (χ0n) is 15.4. The molecule has 0 saturated carbocycles. The first-order chi connectivity index (χ1) is 13.2. The Morgan fingerprint density at radius 3 is 2.89 bits per heavy atom. The quantitative estimate of drug-likeness (QED) is 0.824. The molecule has 3 heterocycles. The molecule has 2 aromatic rings. The molecule has 1 unspecified atom stereocenters. The number of likely N-dealkylation sites (tertiary alicyclic amines) is 1. The number of para-hydroxylation sites is 1. The van der Waals surface area contributed by atoms with Gasteiger partial charge in [-0.15, -0.1) is 0 Å². The summed E-state index contributed by atoms with van der Waals surface area (Å²) in [6.07, 6.45) is 6.07. The zero-order chi connectivity index (χ0) is 18.6. The van der Waals surface area contributed by atoms with Crippen molar-refractivity contribution < 1.29 is 19.0 Å². The van der Waals surface area contributed by atoms with Crippen LogP contribution in [-0.4, -0.2) is 53.2 Å². The number of nitrogens with zero attached hydrogens (tertiary/aromatic N) is 3. The zero-order valence-corrected chi connectivity index (χ0v) is 15.4. The minimum absolute atomic E-state index is 0.0621. The van der Waals surface area contributed by atoms with Gasteiger partial charge in [-0.3, -0.25) is 4.79 Å². The molecule has 2 aliphatic heterocycles. The molecule has 1 atom stereocenters. The van der Waals surface area contributed by atoms with Crippen molar-refractivity contribution in [3.63, 3.8) is 0 Å². The van der Waals surface area contributed by atoms with Crippen molar-refractivity contribution in [2.24, 2.45) is 0 Å². The molecule has 27 heavy (non-hydrogen) atoms. The van der Waals surface area contributed by atoms with Crippen molar-refractivity contribution >= 4 is 5.91 Å². The smallest absolute Gasteiger partial charge is 0.316 e. The van der Waals surface area contributed by atoms with Gasteiger partial charge in [0, 0.05) is 18.9 Å². The minimum Gasteiger partial charge on any atom is -0.486 e. The molecule has 1 aromatic carbocycles. The van der Waals surface area contributed by atoms with E-state index >= 15 is 0 Å². The highest BCUT2D eigenvalue weighted by Gasteiger charge is 2.29. The molecule has 0 aliphatic carbocycles. The molecular formula is C20H23N3O4. The van der Waals surface area contributed by atoms with Gasteiger partial charge in [0.15, 0.2) is 11.5 Å². The van der Waals surface area contributed by atoms with E-state index in [1.807, 2.05) is 17.0 Å². The van der Waals surface area contributed by atoms with Crippen molar-refractivity contribution in [1.82, 2.24) is 14.9 Å². The third-order valence-corrected chi connectivity index (χ3v) is 4.82. The number of aromatic nitrogens is 2. The van der Waals surface area contributed by atoms with Gasteiger partial charge in [-0.05, 0) is 37.0 Å². The molecule has 1 aromatic heterocycles. The van der Waals surface area contributed by atoms with Gasteiger partial charge in [0.05, 0.1) is 12.1 Å². The number of amides is 1. The van der Waals surface area contributed by atoms with Crippen molar-refractivity contribution in [2.45, 2.75) is 32.3 Å². The van der Waals surface area contributed by atoms with Crippen molar-refractivity contribution in [2.75, 3.05) is 26.3 Å². The number of aryl methyl sites for hydroxylation is 1. The van der Waals surface area contributed by atoms with Gasteiger partial charge in [-0.1, -0.05) is 13.0 Å². The van der Waals surface area contributed by atoms with Gasteiger partial charge in [0.25, 0.3) is 5.91 Å². The van der Waals surface area contributed by atoms with Crippen molar-refractivity contribution in [3.05, 3.63) is 41.7 Å². The molecule has 142 valence electrons. The fourth-order valence-corrected chi connectivity index (χ4v) is 3.37. The van der Waals surface area contributed by atoms with E-state index in [-0.39, 0.29) is 12.0 Å². The fraction of sp³-hybridized carbons (Fsp3) is 0.450. The number of piperidine rings is 1. The third kappa shape index (κ3) is 3.82. The standard InChI is InChI=1S/C20H23N3O4/c1-2-14-11-21-20(22-12-14)27-15-5-4-8-23(13-15)19(24)16-6-3-7-17-18(16)26-10-9-25-17/h3,6-7,11-12,15H,2,4-5,8-10,13H2,1H3. The number of rotatable bonds is 4. The summed E-state index contributed by atoms with van der Waals surface area (Å²) < 4.78 is 17.2. The topological polar surface area (TPSA) is 73.8 Å². The van der Waals surface area contributed by atoms with E-state index in [4.69, 9.17) is 14.2 Å². The van der Waals surface area contributed by atoms with Crippen LogP contribution in [0.4, 0.5) is 0 Å². The van der Waals surface area contributed by atoms with Crippen LogP contribution in [0.3, 0.4) is 0 Å². The molecule has 1 saturated heterocycles. The lowest BCUT2D eigenvalue weighted by molar-refractivity contribution is 0.0508. The normalized spacial score (nSPS) is 18.9. The third-order valence-electron chi connectivity index (χ3n) is 4.82. The van der Waals surface area contributed by atoms with Gasteiger partial charge in [0.2, 0.25) is 0 Å². The highest BCUT2D eigenvalue weighted by molar-refractivity contribution is 5.98. The Morgan fingerprint density at radius 2 is 2.07 bits per heavy atom. The van der Waals surface area contributed by atoms with Crippen LogP contribution in [0.2, 0.25) is 0 Å². The lowest BCUT2D eigenvalue weighted by atomic mass is 10.1. The van der Waals surface area contributed by atoms with Crippen molar-refractivity contribution in [3.8, 4) is 17.5 Å². The SMILES string of the molecule is CCc1cnc(OC2CCCN(C(=O)c3cccc4c3OCCO4)C2)nc1. The maximum Gasteiger partial charge on any atom is 0.316 e. The summed E-state index contributed by atoms with van der Waals surface area (Å²) in [5, 5.41) is 0. The second-order valence-corrected chi connectivity index (χ2v) is 6.69. The van der Waals surface area contributed by atoms with Crippen LogP contribution in [0.25, 0.3) is 0 Å². The number of benzene rings is 1. The summed E-state index contributed by atoms with van der Waals surface area (Å²) in [6, 6.07) is 5.79. The second-order valence-electron chi connectivity index (χ2n) is 6.69. The highest BCUT2D eigenvalue weighted by Crippen LogP contribution is 2.34. The predicted molar refractivity (Wildman–Crippen MR) is 98.4 cm³/mol. The van der Waals surface area contributed by atoms with E-state index in [0.29, 0.717) is 49.4 Å². The lowest BCUT2D eigenvalue weighted by Crippen LogP contribution is -2.44. The number of fused-ring (bicyclic) bond motifs is 1. The maximum atomic E-state index is 13.1. The van der Waals surface area contributed by atoms with E-state index in [1.165, 1.54) is 0 Å². The average Bonchev–Trinajstić information content (AvgIpc) is 2.73. The van der Waals surface area contributed by atoms with Crippen LogP contribution in [-0.2, 0) is 6.42 Å². The summed E-state index contributed by atoms with van der Waals surface area (Å²) in [5.41, 5.74) is 1.61. The van der Waals surface area contributed by atoms with E-state index in [0.717, 1.165) is 24.8 Å². The molecule has 7 heteroatoms. The van der Waals surface area contributed by atoms with Gasteiger partial charge in [0.1, 0.15) is 19.3 Å². The van der Waals surface area contributed by atoms with Gasteiger partial charge in [-0.25, -0.2) is 9.97 Å². The maximum absolute atomic E-state index is 13.1. The molecule has 1 fully saturated rings. The number of carbonyl (C=O) groups excluding carboxylic acids is 1. The predicted octanol–water partition coefficient (Wildman–Crippen LogP) is 2.49. The Morgan fingerprint density at radius 1 is 1.26 bits per heavy atom. The first-order valence-corrected chi connectivity index (χ1v) is 9.40. The van der Waals surface area contributed by atoms with E-state index in [9.17, 15) is 4.79 Å². The summed E-state index contributed by atoms with van der Waals surface area (Å²) in [4.78, 5) is 23.4. The molecule has 7 nitrogen and oxygen atoms in total. The Bertz CT molecular complexity index is 809. The largest absolute Gasteiger partial charge is 0.486 e. The Labute approximate surface area is 158 Å². The van der Waals surface area contributed by atoms with Crippen LogP contribution in [0.5, 0.6) is 17.5 Å². The molecule has 0 N–H and O–H groups in total. The molecule has 0 radical (unpaired) electrons. The van der Waals surface area contributed by atoms with Crippen LogP contribution < -0.4 is 14.2 Å². The monoisotopic (exact) mass is 369 g/mol.